The number of nitrogens with one attached hydrogen (secondary N) is 2. The van der Waals surface area contributed by atoms with E-state index in [1.165, 1.54) is 11.3 Å². The number of esters is 1. The molecular formula is C21H27N3O3S. The average molecular weight is 402 g/mol. The van der Waals surface area contributed by atoms with Crippen LogP contribution in [-0.2, 0) is 9.53 Å². The van der Waals surface area contributed by atoms with E-state index in [4.69, 9.17) is 4.74 Å². The number of nitrogens with zero attached hydrogens (tertiary/aromatic N) is 1. The van der Waals surface area contributed by atoms with Gasteiger partial charge in [-0.2, -0.15) is 0 Å². The highest BCUT2D eigenvalue weighted by atomic mass is 32.1. The number of anilines is 3. The predicted molar refractivity (Wildman–Crippen MR) is 115 cm³/mol. The van der Waals surface area contributed by atoms with Crippen LogP contribution in [0.5, 0.6) is 0 Å². The third kappa shape index (κ3) is 4.14. The van der Waals surface area contributed by atoms with Crippen LogP contribution in [0.4, 0.5) is 16.4 Å². The maximum absolute atomic E-state index is 12.8. The number of aryl methyl sites for hydroxylation is 1. The molecule has 0 radical (unpaired) electrons. The molecule has 1 amide bonds. The highest BCUT2D eigenvalue weighted by Crippen LogP contribution is 2.35. The van der Waals surface area contributed by atoms with E-state index in [1.807, 2.05) is 38.1 Å². The summed E-state index contributed by atoms with van der Waals surface area (Å²) in [5, 5.41) is 7.00. The molecule has 0 aliphatic carbocycles. The molecular weight excluding hydrogens is 374 g/mol. The van der Waals surface area contributed by atoms with Gasteiger partial charge >= 0.3 is 5.97 Å². The number of carbonyl (C=O) groups excluding carboxylic acids is 2. The molecule has 0 fully saturated rings. The Morgan fingerprint density at radius 2 is 2.00 bits per heavy atom. The molecule has 2 aromatic rings. The summed E-state index contributed by atoms with van der Waals surface area (Å²) >= 11 is 1.41. The van der Waals surface area contributed by atoms with Gasteiger partial charge in [0.2, 0.25) is 5.91 Å². The van der Waals surface area contributed by atoms with Crippen molar-refractivity contribution in [3.05, 3.63) is 40.3 Å². The molecule has 150 valence electrons. The largest absolute Gasteiger partial charge is 0.462 e. The molecule has 0 saturated carbocycles. The normalized spacial score (nSPS) is 14.8. The van der Waals surface area contributed by atoms with Gasteiger partial charge in [-0.3, -0.25) is 4.79 Å². The number of benzene rings is 1. The lowest BCUT2D eigenvalue weighted by molar-refractivity contribution is -0.115. The number of amides is 1. The van der Waals surface area contributed by atoms with E-state index < -0.39 is 5.97 Å². The van der Waals surface area contributed by atoms with Crippen LogP contribution in [0.15, 0.2) is 24.3 Å². The molecule has 0 bridgehead atoms. The van der Waals surface area contributed by atoms with Gasteiger partial charge in [0, 0.05) is 17.0 Å². The zero-order chi connectivity index (χ0) is 20.5. The van der Waals surface area contributed by atoms with Crippen LogP contribution in [-0.4, -0.2) is 37.1 Å². The van der Waals surface area contributed by atoms with Gasteiger partial charge in [-0.1, -0.05) is 12.1 Å². The van der Waals surface area contributed by atoms with E-state index in [1.54, 1.807) is 6.92 Å². The molecule has 0 saturated heterocycles. The van der Waals surface area contributed by atoms with Gasteiger partial charge in [0.15, 0.2) is 0 Å². The number of para-hydroxylation sites is 2. The highest BCUT2D eigenvalue weighted by molar-refractivity contribution is 7.16. The quantitative estimate of drug-likeness (QED) is 0.735. The first-order chi connectivity index (χ1) is 13.2. The number of rotatable bonds is 5. The molecule has 1 aliphatic heterocycles. The van der Waals surface area contributed by atoms with E-state index in [0.29, 0.717) is 23.7 Å². The average Bonchev–Trinajstić information content (AvgIpc) is 2.87. The monoisotopic (exact) mass is 401 g/mol. The number of carbonyl (C=O) groups is 2. The van der Waals surface area contributed by atoms with E-state index in [-0.39, 0.29) is 18.0 Å². The van der Waals surface area contributed by atoms with E-state index in [9.17, 15) is 9.59 Å². The summed E-state index contributed by atoms with van der Waals surface area (Å²) in [6.45, 7) is 11.0. The van der Waals surface area contributed by atoms with Crippen molar-refractivity contribution in [3.8, 4) is 0 Å². The van der Waals surface area contributed by atoms with Crippen molar-refractivity contribution < 1.29 is 14.3 Å². The van der Waals surface area contributed by atoms with Crippen LogP contribution in [0, 0.1) is 13.8 Å². The highest BCUT2D eigenvalue weighted by Gasteiger charge is 2.30. The Bertz CT molecular complexity index is 904. The van der Waals surface area contributed by atoms with Gasteiger partial charge in [0.1, 0.15) is 5.00 Å². The second-order valence-corrected chi connectivity index (χ2v) is 8.86. The van der Waals surface area contributed by atoms with Crippen molar-refractivity contribution >= 4 is 39.6 Å². The van der Waals surface area contributed by atoms with Crippen molar-refractivity contribution in [2.75, 3.05) is 35.2 Å². The molecule has 1 aliphatic rings. The lowest BCUT2D eigenvalue weighted by Gasteiger charge is -2.41. The molecule has 7 heteroatoms. The van der Waals surface area contributed by atoms with Gasteiger partial charge in [0.25, 0.3) is 0 Å². The van der Waals surface area contributed by atoms with Gasteiger partial charge in [-0.15, -0.1) is 11.3 Å². The number of ether oxygens (including phenoxy) is 1. The third-order valence-electron chi connectivity index (χ3n) is 4.76. The molecule has 0 spiro atoms. The van der Waals surface area contributed by atoms with Crippen molar-refractivity contribution in [2.45, 2.75) is 40.2 Å². The summed E-state index contributed by atoms with van der Waals surface area (Å²) in [5.74, 6) is -0.549. The molecule has 0 atom stereocenters. The lowest BCUT2D eigenvalue weighted by Crippen LogP contribution is -2.50. The Labute approximate surface area is 169 Å². The maximum atomic E-state index is 12.8. The molecule has 3 rings (SSSR count). The zero-order valence-electron chi connectivity index (χ0n) is 17.0. The van der Waals surface area contributed by atoms with E-state index in [0.717, 1.165) is 21.8 Å². The minimum absolute atomic E-state index is 0.152. The Morgan fingerprint density at radius 1 is 1.29 bits per heavy atom. The maximum Gasteiger partial charge on any atom is 0.341 e. The summed E-state index contributed by atoms with van der Waals surface area (Å²) < 4.78 is 5.17. The Morgan fingerprint density at radius 3 is 2.71 bits per heavy atom. The molecule has 2 heterocycles. The van der Waals surface area contributed by atoms with Crippen LogP contribution in [0.25, 0.3) is 0 Å². The number of thiophene rings is 1. The number of hydrogen-bond donors (Lipinski definition) is 2. The fraction of sp³-hybridized carbons (Fsp3) is 0.429. The second-order valence-electron chi connectivity index (χ2n) is 7.64. The van der Waals surface area contributed by atoms with Crippen molar-refractivity contribution in [3.63, 3.8) is 0 Å². The van der Waals surface area contributed by atoms with Crippen LogP contribution in [0.1, 0.15) is 41.6 Å². The smallest absolute Gasteiger partial charge is 0.341 e. The van der Waals surface area contributed by atoms with Gasteiger partial charge in [0.05, 0.1) is 30.1 Å². The molecule has 28 heavy (non-hydrogen) atoms. The number of fused-ring (bicyclic) bond motifs is 1. The third-order valence-corrected chi connectivity index (χ3v) is 5.88. The zero-order valence-corrected chi connectivity index (χ0v) is 17.8. The van der Waals surface area contributed by atoms with Crippen LogP contribution >= 0.6 is 11.3 Å². The fourth-order valence-electron chi connectivity index (χ4n) is 3.47. The van der Waals surface area contributed by atoms with Crippen LogP contribution in [0.2, 0.25) is 0 Å². The molecule has 1 aromatic carbocycles. The van der Waals surface area contributed by atoms with Gasteiger partial charge in [-0.05, 0) is 52.3 Å². The first kappa shape index (κ1) is 20.2. The minimum atomic E-state index is -0.395. The van der Waals surface area contributed by atoms with E-state index >= 15 is 0 Å². The topological polar surface area (TPSA) is 70.7 Å². The molecule has 1 aromatic heterocycles. The van der Waals surface area contributed by atoms with Crippen molar-refractivity contribution in [2.24, 2.45) is 0 Å². The Hall–Kier alpha value is -2.54. The van der Waals surface area contributed by atoms with Crippen LogP contribution in [0.3, 0.4) is 0 Å². The van der Waals surface area contributed by atoms with Crippen LogP contribution < -0.4 is 15.5 Å². The summed E-state index contributed by atoms with van der Waals surface area (Å²) in [6.07, 6.45) is 0. The fourth-order valence-corrected chi connectivity index (χ4v) is 4.53. The SMILES string of the molecule is CCOC(=O)c1c(NC(=O)CN2CC(C)(C)Nc3ccccc32)sc(C)c1C. The first-order valence-corrected chi connectivity index (χ1v) is 10.2. The Balaban J connectivity index is 1.80. The minimum Gasteiger partial charge on any atom is -0.462 e. The van der Waals surface area contributed by atoms with Gasteiger partial charge in [-0.25, -0.2) is 4.79 Å². The number of hydrogen-bond acceptors (Lipinski definition) is 6. The summed E-state index contributed by atoms with van der Waals surface area (Å²) in [5.41, 5.74) is 3.18. The second kappa shape index (κ2) is 7.83. The standard InChI is InChI=1S/C21H27N3O3S/c1-6-27-20(26)18-13(2)14(3)28-19(18)22-17(25)11-24-12-21(4,5)23-15-9-7-8-10-16(15)24/h7-10,23H,6,11-12H2,1-5H3,(H,22,25). The summed E-state index contributed by atoms with van der Waals surface area (Å²) in [6, 6.07) is 7.98. The molecule has 0 unspecified atom stereocenters. The Kier molecular flexibility index (Phi) is 5.65. The van der Waals surface area contributed by atoms with Crippen molar-refractivity contribution in [1.82, 2.24) is 0 Å². The van der Waals surface area contributed by atoms with E-state index in [2.05, 4.69) is 29.4 Å². The van der Waals surface area contributed by atoms with Crippen molar-refractivity contribution in [1.29, 1.82) is 0 Å². The predicted octanol–water partition coefficient (Wildman–Crippen LogP) is 4.19. The first-order valence-electron chi connectivity index (χ1n) is 9.41. The summed E-state index contributed by atoms with van der Waals surface area (Å²) in [4.78, 5) is 28.2. The van der Waals surface area contributed by atoms with Gasteiger partial charge < -0.3 is 20.3 Å². The lowest BCUT2D eigenvalue weighted by atomic mass is 9.99. The molecule has 2 N–H and O–H groups in total. The summed E-state index contributed by atoms with van der Waals surface area (Å²) in [7, 11) is 0. The molecule has 6 nitrogen and oxygen atoms in total.